The van der Waals surface area contributed by atoms with Gasteiger partial charge >= 0.3 is 5.97 Å². The van der Waals surface area contributed by atoms with Gasteiger partial charge in [-0.2, -0.15) is 4.39 Å². The maximum Gasteiger partial charge on any atom is 0.328 e. The molecule has 156 valence electrons. The Bertz CT molecular complexity index is 711. The first-order valence-corrected chi connectivity index (χ1v) is 9.61. The van der Waals surface area contributed by atoms with Crippen molar-refractivity contribution in [3.05, 3.63) is 29.1 Å². The van der Waals surface area contributed by atoms with Crippen LogP contribution in [-0.2, 0) is 9.53 Å². The second-order valence-corrected chi connectivity index (χ2v) is 6.81. The normalized spacial score (nSPS) is 16.3. The molecular formula is C20H26F3NO4. The molecule has 1 heterocycles. The highest BCUT2D eigenvalue weighted by molar-refractivity contribution is 5.97. The lowest BCUT2D eigenvalue weighted by molar-refractivity contribution is -0.148. The van der Waals surface area contributed by atoms with E-state index in [0.717, 1.165) is 44.1 Å². The summed E-state index contributed by atoms with van der Waals surface area (Å²) in [4.78, 5) is 26.2. The molecule has 1 fully saturated rings. The van der Waals surface area contributed by atoms with Crippen molar-refractivity contribution in [1.82, 2.24) is 4.90 Å². The molecule has 1 amide bonds. The number of carbonyl (C=O) groups is 2. The van der Waals surface area contributed by atoms with Crippen LogP contribution in [0.4, 0.5) is 13.2 Å². The first-order valence-electron chi connectivity index (χ1n) is 9.61. The Morgan fingerprint density at radius 2 is 1.86 bits per heavy atom. The van der Waals surface area contributed by atoms with E-state index in [1.165, 1.54) is 0 Å². The van der Waals surface area contributed by atoms with E-state index in [-0.39, 0.29) is 13.2 Å². The fourth-order valence-electron chi connectivity index (χ4n) is 3.30. The fourth-order valence-corrected chi connectivity index (χ4v) is 3.30. The summed E-state index contributed by atoms with van der Waals surface area (Å²) >= 11 is 0. The Morgan fingerprint density at radius 3 is 2.54 bits per heavy atom. The predicted octanol–water partition coefficient (Wildman–Crippen LogP) is 4.23. The molecule has 1 atom stereocenters. The first-order chi connectivity index (χ1) is 13.4. The summed E-state index contributed by atoms with van der Waals surface area (Å²) in [7, 11) is 0.978. The third-order valence-electron chi connectivity index (χ3n) is 4.83. The predicted molar refractivity (Wildman–Crippen MR) is 96.6 cm³/mol. The highest BCUT2D eigenvalue weighted by Gasteiger charge is 2.37. The number of halogens is 3. The van der Waals surface area contributed by atoms with Crippen molar-refractivity contribution in [2.45, 2.75) is 57.9 Å². The van der Waals surface area contributed by atoms with Crippen LogP contribution in [0.5, 0.6) is 5.75 Å². The van der Waals surface area contributed by atoms with Gasteiger partial charge < -0.3 is 14.4 Å². The average molecular weight is 401 g/mol. The topological polar surface area (TPSA) is 55.8 Å². The molecule has 5 nitrogen and oxygen atoms in total. The SMILES string of the molecule is CCCCCCCOC(=O)C1CCCN1C(=O)c1cc(F)c(F)c(OC)c1F. The molecule has 0 spiro atoms. The van der Waals surface area contributed by atoms with E-state index in [4.69, 9.17) is 4.74 Å². The second kappa shape index (κ2) is 10.3. The Kier molecular flexibility index (Phi) is 8.14. The Hall–Kier alpha value is -2.25. The van der Waals surface area contributed by atoms with E-state index in [2.05, 4.69) is 11.7 Å². The average Bonchev–Trinajstić information content (AvgIpc) is 3.17. The van der Waals surface area contributed by atoms with Crippen LogP contribution >= 0.6 is 0 Å². The number of rotatable bonds is 9. The van der Waals surface area contributed by atoms with Crippen molar-refractivity contribution in [2.24, 2.45) is 0 Å². The molecule has 1 aromatic carbocycles. The van der Waals surface area contributed by atoms with Crippen molar-refractivity contribution in [3.8, 4) is 5.75 Å². The summed E-state index contributed by atoms with van der Waals surface area (Å²) < 4.78 is 51.5. The summed E-state index contributed by atoms with van der Waals surface area (Å²) in [6, 6.07) is -0.370. The molecule has 2 rings (SSSR count). The van der Waals surface area contributed by atoms with Crippen LogP contribution in [-0.4, -0.2) is 43.1 Å². The van der Waals surface area contributed by atoms with Gasteiger partial charge in [0.15, 0.2) is 17.4 Å². The van der Waals surface area contributed by atoms with E-state index >= 15 is 0 Å². The molecular weight excluding hydrogens is 375 g/mol. The number of hydrogen-bond acceptors (Lipinski definition) is 4. The Labute approximate surface area is 162 Å². The highest BCUT2D eigenvalue weighted by atomic mass is 19.2. The molecule has 1 aromatic rings. The molecule has 0 aliphatic carbocycles. The lowest BCUT2D eigenvalue weighted by Gasteiger charge is -2.24. The van der Waals surface area contributed by atoms with Gasteiger partial charge in [-0.3, -0.25) is 4.79 Å². The lowest BCUT2D eigenvalue weighted by atomic mass is 10.1. The van der Waals surface area contributed by atoms with Crippen LogP contribution in [0.2, 0.25) is 0 Å². The van der Waals surface area contributed by atoms with Crippen molar-refractivity contribution in [3.63, 3.8) is 0 Å². The molecule has 0 saturated carbocycles. The van der Waals surface area contributed by atoms with Gasteiger partial charge in [0.25, 0.3) is 5.91 Å². The zero-order valence-corrected chi connectivity index (χ0v) is 16.2. The van der Waals surface area contributed by atoms with E-state index in [1.54, 1.807) is 0 Å². The summed E-state index contributed by atoms with van der Waals surface area (Å²) in [5.41, 5.74) is -0.671. The smallest absolute Gasteiger partial charge is 0.328 e. The second-order valence-electron chi connectivity index (χ2n) is 6.81. The number of methoxy groups -OCH3 is 1. The largest absolute Gasteiger partial charge is 0.491 e. The van der Waals surface area contributed by atoms with Gasteiger partial charge in [0, 0.05) is 6.54 Å². The number of amides is 1. The van der Waals surface area contributed by atoms with Crippen LogP contribution in [0.3, 0.4) is 0 Å². The summed E-state index contributed by atoms with van der Waals surface area (Å²) in [6.45, 7) is 2.57. The maximum absolute atomic E-state index is 14.4. The van der Waals surface area contributed by atoms with Gasteiger partial charge in [0.1, 0.15) is 6.04 Å². The zero-order valence-electron chi connectivity index (χ0n) is 16.2. The van der Waals surface area contributed by atoms with Gasteiger partial charge in [-0.25, -0.2) is 13.6 Å². The van der Waals surface area contributed by atoms with Gasteiger partial charge in [-0.15, -0.1) is 0 Å². The van der Waals surface area contributed by atoms with E-state index in [0.29, 0.717) is 18.9 Å². The van der Waals surface area contributed by atoms with Crippen molar-refractivity contribution >= 4 is 11.9 Å². The van der Waals surface area contributed by atoms with E-state index in [1.807, 2.05) is 0 Å². The third-order valence-corrected chi connectivity index (χ3v) is 4.83. The van der Waals surface area contributed by atoms with Gasteiger partial charge in [-0.1, -0.05) is 32.6 Å². The quantitative estimate of drug-likeness (QED) is 0.353. The van der Waals surface area contributed by atoms with Crippen molar-refractivity contribution in [2.75, 3.05) is 20.3 Å². The molecule has 1 aliphatic heterocycles. The molecule has 1 unspecified atom stereocenters. The minimum absolute atomic E-state index is 0.204. The molecule has 0 bridgehead atoms. The molecule has 1 aliphatic rings. The highest BCUT2D eigenvalue weighted by Crippen LogP contribution is 2.30. The van der Waals surface area contributed by atoms with Gasteiger partial charge in [0.2, 0.25) is 5.82 Å². The monoisotopic (exact) mass is 401 g/mol. The number of hydrogen-bond donors (Lipinski definition) is 0. The van der Waals surface area contributed by atoms with Crippen LogP contribution in [0, 0.1) is 17.5 Å². The first kappa shape index (κ1) is 22.0. The number of nitrogens with zero attached hydrogens (tertiary/aromatic N) is 1. The van der Waals surface area contributed by atoms with Crippen LogP contribution < -0.4 is 4.74 Å². The van der Waals surface area contributed by atoms with Crippen LogP contribution in [0.25, 0.3) is 0 Å². The summed E-state index contributed by atoms with van der Waals surface area (Å²) in [5, 5.41) is 0. The number of ether oxygens (including phenoxy) is 2. The number of esters is 1. The number of carbonyl (C=O) groups excluding carboxylic acids is 2. The minimum atomic E-state index is -1.50. The summed E-state index contributed by atoms with van der Waals surface area (Å²) in [5.74, 6) is -6.60. The number of likely N-dealkylation sites (tertiary alicyclic amines) is 1. The molecule has 0 N–H and O–H groups in total. The minimum Gasteiger partial charge on any atom is -0.491 e. The van der Waals surface area contributed by atoms with Crippen molar-refractivity contribution < 1.29 is 32.2 Å². The van der Waals surface area contributed by atoms with Crippen LogP contribution in [0.1, 0.15) is 62.2 Å². The lowest BCUT2D eigenvalue weighted by Crippen LogP contribution is -2.42. The Balaban J connectivity index is 2.05. The summed E-state index contributed by atoms with van der Waals surface area (Å²) in [6.07, 6.45) is 5.91. The van der Waals surface area contributed by atoms with E-state index < -0.39 is 46.7 Å². The van der Waals surface area contributed by atoms with Gasteiger partial charge in [0.05, 0.1) is 19.3 Å². The van der Waals surface area contributed by atoms with Crippen LogP contribution in [0.15, 0.2) is 6.07 Å². The molecule has 0 aromatic heterocycles. The number of benzene rings is 1. The van der Waals surface area contributed by atoms with Crippen molar-refractivity contribution in [1.29, 1.82) is 0 Å². The number of unbranched alkanes of at least 4 members (excludes halogenated alkanes) is 4. The molecule has 1 saturated heterocycles. The third kappa shape index (κ3) is 4.97. The molecule has 8 heteroatoms. The zero-order chi connectivity index (χ0) is 20.7. The fraction of sp³-hybridized carbons (Fsp3) is 0.600. The standard InChI is InChI=1S/C20H26F3NO4/c1-3-4-5-6-7-11-28-20(26)15-9-8-10-24(15)19(25)13-12-14(21)17(23)18(27-2)16(13)22/h12,15H,3-11H2,1-2H3. The molecule has 28 heavy (non-hydrogen) atoms. The maximum atomic E-state index is 14.4. The molecule has 0 radical (unpaired) electrons. The van der Waals surface area contributed by atoms with E-state index in [9.17, 15) is 22.8 Å². The van der Waals surface area contributed by atoms with Gasteiger partial charge in [-0.05, 0) is 25.3 Å². The Morgan fingerprint density at radius 1 is 1.14 bits per heavy atom.